The fraction of sp³-hybridized carbons (Fsp3) is 0.625. The minimum Gasteiger partial charge on any atom is -0.508 e. The normalized spacial score (nSPS) is 23.4. The summed E-state index contributed by atoms with van der Waals surface area (Å²) in [6.07, 6.45) is 6.36. The second-order valence-electron chi connectivity index (χ2n) is 6.44. The van der Waals surface area contributed by atoms with Crippen molar-refractivity contribution in [1.82, 2.24) is 0 Å². The van der Waals surface area contributed by atoms with E-state index in [2.05, 4.69) is 25.2 Å². The molecule has 2 N–H and O–H groups in total. The summed E-state index contributed by atoms with van der Waals surface area (Å²) < 4.78 is 0. The zero-order valence-electron chi connectivity index (χ0n) is 11.8. The van der Waals surface area contributed by atoms with Crippen LogP contribution in [0.4, 0.5) is 5.69 Å². The molecule has 1 unspecified atom stereocenters. The molecule has 0 saturated heterocycles. The van der Waals surface area contributed by atoms with E-state index in [1.807, 2.05) is 19.1 Å². The Kier molecular flexibility index (Phi) is 3.84. The highest BCUT2D eigenvalue weighted by atomic mass is 16.3. The number of aromatic hydroxyl groups is 1. The molecule has 18 heavy (non-hydrogen) atoms. The maximum atomic E-state index is 9.73. The fourth-order valence-corrected chi connectivity index (χ4v) is 2.74. The lowest BCUT2D eigenvalue weighted by Crippen LogP contribution is -2.19. The quantitative estimate of drug-likeness (QED) is 0.756. The molecule has 2 rings (SSSR count). The standard InChI is InChI=1S/C16H25NO/c1-12-6-7-14(11-15(12)18)17-13-5-4-9-16(2,3)10-8-13/h6-7,11,13,17-18H,4-5,8-10H2,1-3H3. The summed E-state index contributed by atoms with van der Waals surface area (Å²) in [5.74, 6) is 0.383. The molecule has 0 radical (unpaired) electrons. The van der Waals surface area contributed by atoms with E-state index in [9.17, 15) is 5.11 Å². The highest BCUT2D eigenvalue weighted by Crippen LogP contribution is 2.35. The summed E-state index contributed by atoms with van der Waals surface area (Å²) in [6.45, 7) is 6.66. The van der Waals surface area contributed by atoms with E-state index in [1.165, 1.54) is 32.1 Å². The van der Waals surface area contributed by atoms with Crippen LogP contribution in [-0.2, 0) is 0 Å². The third-order valence-electron chi connectivity index (χ3n) is 4.16. The van der Waals surface area contributed by atoms with E-state index in [-0.39, 0.29) is 0 Å². The van der Waals surface area contributed by atoms with E-state index in [0.29, 0.717) is 17.2 Å². The number of anilines is 1. The molecule has 1 aromatic carbocycles. The molecule has 1 atom stereocenters. The lowest BCUT2D eigenvalue weighted by molar-refractivity contribution is 0.313. The van der Waals surface area contributed by atoms with Crippen molar-refractivity contribution in [3.05, 3.63) is 23.8 Å². The monoisotopic (exact) mass is 247 g/mol. The van der Waals surface area contributed by atoms with E-state index < -0.39 is 0 Å². The van der Waals surface area contributed by atoms with Crippen LogP contribution >= 0.6 is 0 Å². The first-order valence-corrected chi connectivity index (χ1v) is 7.02. The lowest BCUT2D eigenvalue weighted by atomic mass is 9.85. The Bertz CT molecular complexity index is 412. The average Bonchev–Trinajstić information content (AvgIpc) is 2.46. The van der Waals surface area contributed by atoms with Gasteiger partial charge in [0.25, 0.3) is 0 Å². The van der Waals surface area contributed by atoms with Crippen molar-refractivity contribution in [2.45, 2.75) is 58.9 Å². The van der Waals surface area contributed by atoms with E-state index in [0.717, 1.165) is 11.3 Å². The van der Waals surface area contributed by atoms with Gasteiger partial charge in [-0.05, 0) is 49.7 Å². The third-order valence-corrected chi connectivity index (χ3v) is 4.16. The van der Waals surface area contributed by atoms with Crippen LogP contribution in [0.15, 0.2) is 18.2 Å². The second kappa shape index (κ2) is 5.21. The molecule has 2 nitrogen and oxygen atoms in total. The van der Waals surface area contributed by atoms with Gasteiger partial charge in [-0.1, -0.05) is 26.3 Å². The second-order valence-corrected chi connectivity index (χ2v) is 6.44. The van der Waals surface area contributed by atoms with Crippen LogP contribution in [0.5, 0.6) is 5.75 Å². The lowest BCUT2D eigenvalue weighted by Gasteiger charge is -2.22. The molecule has 0 aromatic heterocycles. The number of benzene rings is 1. The van der Waals surface area contributed by atoms with E-state index >= 15 is 0 Å². The zero-order valence-corrected chi connectivity index (χ0v) is 11.8. The van der Waals surface area contributed by atoms with Crippen molar-refractivity contribution >= 4 is 5.69 Å². The van der Waals surface area contributed by atoms with Gasteiger partial charge >= 0.3 is 0 Å². The molecule has 1 aliphatic carbocycles. The number of phenolic OH excluding ortho intramolecular Hbond substituents is 1. The van der Waals surface area contributed by atoms with Crippen molar-refractivity contribution in [1.29, 1.82) is 0 Å². The molecule has 1 aromatic rings. The third kappa shape index (κ3) is 3.41. The first-order chi connectivity index (χ1) is 8.46. The maximum absolute atomic E-state index is 9.73. The van der Waals surface area contributed by atoms with Gasteiger partial charge in [-0.3, -0.25) is 0 Å². The summed E-state index contributed by atoms with van der Waals surface area (Å²) in [7, 11) is 0. The van der Waals surface area contributed by atoms with Gasteiger partial charge in [-0.15, -0.1) is 0 Å². The summed E-state index contributed by atoms with van der Waals surface area (Å²) >= 11 is 0. The van der Waals surface area contributed by atoms with E-state index in [4.69, 9.17) is 0 Å². The van der Waals surface area contributed by atoms with Crippen molar-refractivity contribution in [2.75, 3.05) is 5.32 Å². The van der Waals surface area contributed by atoms with Gasteiger partial charge in [0, 0.05) is 17.8 Å². The molecule has 0 spiro atoms. The first-order valence-electron chi connectivity index (χ1n) is 7.02. The van der Waals surface area contributed by atoms with Gasteiger partial charge < -0.3 is 10.4 Å². The largest absolute Gasteiger partial charge is 0.508 e. The predicted molar refractivity (Wildman–Crippen MR) is 77.1 cm³/mol. The van der Waals surface area contributed by atoms with Crippen LogP contribution in [0.3, 0.4) is 0 Å². The molecule has 2 heteroatoms. The zero-order chi connectivity index (χ0) is 13.2. The molecule has 1 fully saturated rings. The van der Waals surface area contributed by atoms with Gasteiger partial charge in [-0.25, -0.2) is 0 Å². The number of rotatable bonds is 2. The van der Waals surface area contributed by atoms with Gasteiger partial charge in [0.05, 0.1) is 0 Å². The highest BCUT2D eigenvalue weighted by Gasteiger charge is 2.24. The van der Waals surface area contributed by atoms with Gasteiger partial charge in [-0.2, -0.15) is 0 Å². The number of hydrogen-bond acceptors (Lipinski definition) is 2. The fourth-order valence-electron chi connectivity index (χ4n) is 2.74. The molecule has 0 aliphatic heterocycles. The van der Waals surface area contributed by atoms with Crippen LogP contribution in [0.2, 0.25) is 0 Å². The molecule has 1 saturated carbocycles. The Balaban J connectivity index is 1.98. The average molecular weight is 247 g/mol. The van der Waals surface area contributed by atoms with Crippen LogP contribution in [0.1, 0.15) is 51.5 Å². The Morgan fingerprint density at radius 3 is 2.72 bits per heavy atom. The predicted octanol–water partition coefficient (Wildman–Crippen LogP) is 4.47. The molecule has 100 valence electrons. The summed E-state index contributed by atoms with van der Waals surface area (Å²) in [5.41, 5.74) is 2.47. The Morgan fingerprint density at radius 2 is 2.00 bits per heavy atom. The van der Waals surface area contributed by atoms with Crippen LogP contribution in [0, 0.1) is 12.3 Å². The summed E-state index contributed by atoms with van der Waals surface area (Å²) in [6, 6.07) is 6.42. The maximum Gasteiger partial charge on any atom is 0.120 e. The minimum atomic E-state index is 0.383. The van der Waals surface area contributed by atoms with Crippen molar-refractivity contribution in [3.8, 4) is 5.75 Å². The number of aryl methyl sites for hydroxylation is 1. The van der Waals surface area contributed by atoms with Gasteiger partial charge in [0.2, 0.25) is 0 Å². The summed E-state index contributed by atoms with van der Waals surface area (Å²) in [5, 5.41) is 13.3. The number of phenols is 1. The van der Waals surface area contributed by atoms with Crippen LogP contribution in [-0.4, -0.2) is 11.1 Å². The minimum absolute atomic E-state index is 0.383. The van der Waals surface area contributed by atoms with Crippen molar-refractivity contribution in [2.24, 2.45) is 5.41 Å². The molecular formula is C16H25NO. The van der Waals surface area contributed by atoms with E-state index in [1.54, 1.807) is 0 Å². The SMILES string of the molecule is Cc1ccc(NC2CCCC(C)(C)CC2)cc1O. The highest BCUT2D eigenvalue weighted by molar-refractivity contribution is 5.51. The molecule has 1 aliphatic rings. The molecule has 0 amide bonds. The van der Waals surface area contributed by atoms with Gasteiger partial charge in [0.15, 0.2) is 0 Å². The first kappa shape index (κ1) is 13.3. The Morgan fingerprint density at radius 1 is 1.22 bits per heavy atom. The summed E-state index contributed by atoms with van der Waals surface area (Å²) in [4.78, 5) is 0. The molecule has 0 bridgehead atoms. The van der Waals surface area contributed by atoms with Gasteiger partial charge in [0.1, 0.15) is 5.75 Å². The molecular weight excluding hydrogens is 222 g/mol. The van der Waals surface area contributed by atoms with Crippen LogP contribution in [0.25, 0.3) is 0 Å². The number of nitrogens with one attached hydrogen (secondary N) is 1. The number of hydrogen-bond donors (Lipinski definition) is 2. The Hall–Kier alpha value is -1.18. The van der Waals surface area contributed by atoms with Crippen LogP contribution < -0.4 is 5.32 Å². The molecule has 0 heterocycles. The van der Waals surface area contributed by atoms with Crippen molar-refractivity contribution in [3.63, 3.8) is 0 Å². The topological polar surface area (TPSA) is 32.3 Å². The smallest absolute Gasteiger partial charge is 0.120 e. The Labute approximate surface area is 110 Å². The van der Waals surface area contributed by atoms with Crippen molar-refractivity contribution < 1.29 is 5.11 Å².